The molecular formula is C12H19N3O5S. The molecule has 21 heavy (non-hydrogen) atoms. The van der Waals surface area contributed by atoms with Gasteiger partial charge in [0.15, 0.2) is 0 Å². The number of rotatable bonds is 6. The third kappa shape index (κ3) is 3.82. The Morgan fingerprint density at radius 2 is 1.90 bits per heavy atom. The molecule has 0 spiro atoms. The van der Waals surface area contributed by atoms with E-state index in [1.807, 2.05) is 0 Å². The molecule has 0 saturated carbocycles. The number of carbonyl (C=O) groups is 2. The van der Waals surface area contributed by atoms with Crippen molar-refractivity contribution in [2.45, 2.75) is 24.8 Å². The lowest BCUT2D eigenvalue weighted by atomic mass is 10.0. The minimum Gasteiger partial charge on any atom is -0.480 e. The van der Waals surface area contributed by atoms with Crippen LogP contribution in [0.15, 0.2) is 17.2 Å². The summed E-state index contributed by atoms with van der Waals surface area (Å²) >= 11 is 0. The summed E-state index contributed by atoms with van der Waals surface area (Å²) in [7, 11) is -0.888. The van der Waals surface area contributed by atoms with Crippen LogP contribution in [0.4, 0.5) is 0 Å². The van der Waals surface area contributed by atoms with Crippen molar-refractivity contribution in [2.75, 3.05) is 7.05 Å². The number of nitrogens with zero attached hydrogens (tertiary/aromatic N) is 1. The number of amides is 1. The highest BCUT2D eigenvalue weighted by atomic mass is 32.2. The molecule has 0 aliphatic heterocycles. The maximum Gasteiger partial charge on any atom is 0.326 e. The van der Waals surface area contributed by atoms with Crippen molar-refractivity contribution in [3.63, 3.8) is 0 Å². The minimum absolute atomic E-state index is 0.0610. The Morgan fingerprint density at radius 1 is 1.33 bits per heavy atom. The van der Waals surface area contributed by atoms with Crippen LogP contribution >= 0.6 is 0 Å². The van der Waals surface area contributed by atoms with Crippen LogP contribution < -0.4 is 10.0 Å². The lowest BCUT2D eigenvalue weighted by Gasteiger charge is -2.17. The standard InChI is InChI=1S/C12H19N3O5S/c1-7(2)10(12(17)18)14-11(16)9-5-8(6-15(9)4)21(19,20)13-3/h5-7,10,13H,1-4H3,(H,14,16)(H,17,18)/t10-/m0/s1. The van der Waals surface area contributed by atoms with Gasteiger partial charge in [0.2, 0.25) is 10.0 Å². The highest BCUT2D eigenvalue weighted by Crippen LogP contribution is 2.14. The van der Waals surface area contributed by atoms with Gasteiger partial charge in [-0.25, -0.2) is 17.9 Å². The van der Waals surface area contributed by atoms with E-state index in [0.29, 0.717) is 0 Å². The lowest BCUT2D eigenvalue weighted by Crippen LogP contribution is -2.44. The molecule has 1 aromatic heterocycles. The molecule has 0 unspecified atom stereocenters. The smallest absolute Gasteiger partial charge is 0.326 e. The quantitative estimate of drug-likeness (QED) is 0.670. The van der Waals surface area contributed by atoms with Crippen LogP contribution in [0, 0.1) is 5.92 Å². The average Bonchev–Trinajstić information content (AvgIpc) is 2.77. The van der Waals surface area contributed by atoms with Crippen LogP contribution in [-0.2, 0) is 21.9 Å². The Kier molecular flexibility index (Phi) is 5.13. The van der Waals surface area contributed by atoms with E-state index >= 15 is 0 Å². The number of nitrogens with one attached hydrogen (secondary N) is 2. The van der Waals surface area contributed by atoms with Crippen LogP contribution in [0.1, 0.15) is 24.3 Å². The van der Waals surface area contributed by atoms with Gasteiger partial charge in [-0.15, -0.1) is 0 Å². The van der Waals surface area contributed by atoms with Crippen LogP contribution in [0.2, 0.25) is 0 Å². The summed E-state index contributed by atoms with van der Waals surface area (Å²) in [6.07, 6.45) is 1.28. The summed E-state index contributed by atoms with van der Waals surface area (Å²) in [4.78, 5) is 23.1. The van der Waals surface area contributed by atoms with Gasteiger partial charge in [0, 0.05) is 13.2 Å². The number of aryl methyl sites for hydroxylation is 1. The summed E-state index contributed by atoms with van der Waals surface area (Å²) in [5.74, 6) is -2.08. The number of sulfonamides is 1. The van der Waals surface area contributed by atoms with Crippen molar-refractivity contribution in [1.29, 1.82) is 0 Å². The Hall–Kier alpha value is -1.87. The molecule has 1 aromatic rings. The van der Waals surface area contributed by atoms with Gasteiger partial charge in [-0.1, -0.05) is 13.8 Å². The monoisotopic (exact) mass is 317 g/mol. The van der Waals surface area contributed by atoms with E-state index in [9.17, 15) is 18.0 Å². The number of carboxylic acid groups (broad SMARTS) is 1. The van der Waals surface area contributed by atoms with Gasteiger partial charge < -0.3 is 15.0 Å². The van der Waals surface area contributed by atoms with E-state index in [1.54, 1.807) is 13.8 Å². The molecule has 1 heterocycles. The molecule has 1 rings (SSSR count). The zero-order valence-corrected chi connectivity index (χ0v) is 13.1. The molecule has 0 saturated heterocycles. The number of aromatic nitrogens is 1. The SMILES string of the molecule is CNS(=O)(=O)c1cc(C(=O)N[C@H](C(=O)O)C(C)C)n(C)c1. The molecule has 8 nitrogen and oxygen atoms in total. The number of carbonyl (C=O) groups excluding carboxylic acids is 1. The first-order chi connectivity index (χ1) is 9.60. The predicted octanol–water partition coefficient (Wildman–Crippen LogP) is -0.228. The van der Waals surface area contributed by atoms with Gasteiger partial charge in [0.25, 0.3) is 5.91 Å². The van der Waals surface area contributed by atoms with Gasteiger partial charge in [-0.3, -0.25) is 4.79 Å². The normalized spacial score (nSPS) is 13.2. The molecular weight excluding hydrogens is 298 g/mol. The molecule has 9 heteroatoms. The minimum atomic E-state index is -3.66. The summed E-state index contributed by atoms with van der Waals surface area (Å²) in [6, 6.07) is 0.150. The molecule has 0 aliphatic carbocycles. The Balaban J connectivity index is 3.07. The first-order valence-corrected chi connectivity index (χ1v) is 7.72. The second-order valence-corrected chi connectivity index (χ2v) is 6.80. The van der Waals surface area contributed by atoms with E-state index in [4.69, 9.17) is 5.11 Å². The van der Waals surface area contributed by atoms with E-state index in [-0.39, 0.29) is 16.5 Å². The van der Waals surface area contributed by atoms with Gasteiger partial charge in [0.1, 0.15) is 16.6 Å². The van der Waals surface area contributed by atoms with E-state index < -0.39 is 27.9 Å². The number of carboxylic acids is 1. The second kappa shape index (κ2) is 6.27. The highest BCUT2D eigenvalue weighted by molar-refractivity contribution is 7.89. The molecule has 118 valence electrons. The summed E-state index contributed by atoms with van der Waals surface area (Å²) in [5.41, 5.74) is 0.0655. The molecule has 0 aromatic carbocycles. The van der Waals surface area contributed by atoms with Crippen LogP contribution in [0.5, 0.6) is 0 Å². The number of aliphatic carboxylic acids is 1. The fraction of sp³-hybridized carbons (Fsp3) is 0.500. The molecule has 0 radical (unpaired) electrons. The first-order valence-electron chi connectivity index (χ1n) is 6.23. The lowest BCUT2D eigenvalue weighted by molar-refractivity contribution is -0.140. The summed E-state index contributed by atoms with van der Waals surface area (Å²) in [5, 5.41) is 11.4. The van der Waals surface area contributed by atoms with E-state index in [0.717, 1.165) is 0 Å². The molecule has 0 fully saturated rings. The summed E-state index contributed by atoms with van der Waals surface area (Å²) in [6.45, 7) is 3.34. The van der Waals surface area contributed by atoms with E-state index in [1.165, 1.54) is 30.9 Å². The Morgan fingerprint density at radius 3 is 2.33 bits per heavy atom. The fourth-order valence-corrected chi connectivity index (χ4v) is 2.55. The molecule has 3 N–H and O–H groups in total. The van der Waals surface area contributed by atoms with Crippen LogP contribution in [0.25, 0.3) is 0 Å². The van der Waals surface area contributed by atoms with Crippen molar-refractivity contribution in [2.24, 2.45) is 13.0 Å². The Bertz CT molecular complexity index is 648. The zero-order valence-electron chi connectivity index (χ0n) is 12.2. The van der Waals surface area contributed by atoms with Crippen molar-refractivity contribution in [3.8, 4) is 0 Å². The molecule has 0 aliphatic rings. The number of hydrogen-bond acceptors (Lipinski definition) is 4. The van der Waals surface area contributed by atoms with Gasteiger partial charge in [0.05, 0.1) is 0 Å². The second-order valence-electron chi connectivity index (χ2n) is 4.91. The third-order valence-electron chi connectivity index (χ3n) is 3.01. The average molecular weight is 317 g/mol. The third-order valence-corrected chi connectivity index (χ3v) is 4.39. The van der Waals surface area contributed by atoms with Crippen LogP contribution in [0.3, 0.4) is 0 Å². The molecule has 1 amide bonds. The fourth-order valence-electron chi connectivity index (χ4n) is 1.75. The first kappa shape index (κ1) is 17.2. The van der Waals surface area contributed by atoms with E-state index in [2.05, 4.69) is 10.0 Å². The van der Waals surface area contributed by atoms with Gasteiger partial charge >= 0.3 is 5.97 Å². The largest absolute Gasteiger partial charge is 0.480 e. The van der Waals surface area contributed by atoms with Gasteiger partial charge in [-0.05, 0) is 19.0 Å². The summed E-state index contributed by atoms with van der Waals surface area (Å²) < 4.78 is 26.8. The topological polar surface area (TPSA) is 118 Å². The maximum atomic E-state index is 12.1. The molecule has 1 atom stereocenters. The maximum absolute atomic E-state index is 12.1. The van der Waals surface area contributed by atoms with Crippen LogP contribution in [-0.4, -0.2) is 43.1 Å². The molecule has 0 bridgehead atoms. The predicted molar refractivity (Wildman–Crippen MR) is 75.4 cm³/mol. The Labute approximate surface area is 123 Å². The van der Waals surface area contributed by atoms with Gasteiger partial charge in [-0.2, -0.15) is 0 Å². The van der Waals surface area contributed by atoms with Crippen molar-refractivity contribution in [1.82, 2.24) is 14.6 Å². The highest BCUT2D eigenvalue weighted by Gasteiger charge is 2.26. The number of hydrogen-bond donors (Lipinski definition) is 3. The van der Waals surface area contributed by atoms with Crippen molar-refractivity contribution in [3.05, 3.63) is 18.0 Å². The van der Waals surface area contributed by atoms with Crippen molar-refractivity contribution >= 4 is 21.9 Å². The van der Waals surface area contributed by atoms with Crippen molar-refractivity contribution < 1.29 is 23.1 Å². The zero-order chi connectivity index (χ0) is 16.4.